The number of rotatable bonds is 2. The van der Waals surface area contributed by atoms with Crippen molar-refractivity contribution in [1.29, 1.82) is 0 Å². The third-order valence-corrected chi connectivity index (χ3v) is 3.57. The van der Waals surface area contributed by atoms with Crippen LogP contribution in [-0.2, 0) is 16.6 Å². The number of carbonyl (C=O) groups is 2. The van der Waals surface area contributed by atoms with Crippen LogP contribution in [0, 0.1) is 0 Å². The lowest BCUT2D eigenvalue weighted by Crippen LogP contribution is -2.38. The van der Waals surface area contributed by atoms with E-state index < -0.39 is 11.8 Å². The van der Waals surface area contributed by atoms with Crippen molar-refractivity contribution in [3.05, 3.63) is 36.4 Å². The highest BCUT2D eigenvalue weighted by Crippen LogP contribution is 2.27. The van der Waals surface area contributed by atoms with E-state index in [2.05, 4.69) is 10.4 Å². The first-order valence-corrected chi connectivity index (χ1v) is 6.77. The average molecular weight is 288 g/mol. The molecule has 2 aromatic heterocycles. The molecule has 7 nitrogen and oxygen atoms in total. The molecule has 3 heterocycles. The van der Waals surface area contributed by atoms with Crippen molar-refractivity contribution < 1.29 is 14.0 Å². The Morgan fingerprint density at radius 3 is 2.95 bits per heavy atom. The molecule has 0 bridgehead atoms. The molecule has 1 atom stereocenters. The van der Waals surface area contributed by atoms with E-state index in [0.29, 0.717) is 18.9 Å². The zero-order chi connectivity index (χ0) is 14.8. The first-order valence-electron chi connectivity index (χ1n) is 6.77. The van der Waals surface area contributed by atoms with Crippen LogP contribution >= 0.6 is 0 Å². The molecule has 1 aliphatic rings. The highest BCUT2D eigenvalue weighted by molar-refractivity contribution is 6.39. The molecule has 0 unspecified atom stereocenters. The SMILES string of the molecule is Cn1ccc(NC(=O)C(=O)N2CC[C@@H](c3ccco3)C2)n1. The fourth-order valence-electron chi connectivity index (χ4n) is 2.50. The largest absolute Gasteiger partial charge is 0.469 e. The number of nitrogens with one attached hydrogen (secondary N) is 1. The summed E-state index contributed by atoms with van der Waals surface area (Å²) in [5.41, 5.74) is 0. The molecule has 0 aliphatic carbocycles. The topological polar surface area (TPSA) is 80.4 Å². The van der Waals surface area contributed by atoms with Gasteiger partial charge in [-0.15, -0.1) is 0 Å². The Labute approximate surface area is 121 Å². The normalized spacial score (nSPS) is 18.0. The molecular formula is C14H16N4O3. The summed E-state index contributed by atoms with van der Waals surface area (Å²) in [4.78, 5) is 25.6. The van der Waals surface area contributed by atoms with Crippen molar-refractivity contribution in [3.8, 4) is 0 Å². The van der Waals surface area contributed by atoms with Crippen LogP contribution in [0.5, 0.6) is 0 Å². The van der Waals surface area contributed by atoms with Crippen molar-refractivity contribution in [2.45, 2.75) is 12.3 Å². The van der Waals surface area contributed by atoms with Gasteiger partial charge >= 0.3 is 11.8 Å². The summed E-state index contributed by atoms with van der Waals surface area (Å²) in [7, 11) is 1.74. The van der Waals surface area contributed by atoms with E-state index in [0.717, 1.165) is 12.2 Å². The van der Waals surface area contributed by atoms with Gasteiger partial charge in [-0.05, 0) is 18.6 Å². The van der Waals surface area contributed by atoms with Gasteiger partial charge in [-0.1, -0.05) is 0 Å². The fraction of sp³-hybridized carbons (Fsp3) is 0.357. The smallest absolute Gasteiger partial charge is 0.315 e. The number of anilines is 1. The van der Waals surface area contributed by atoms with E-state index in [1.165, 1.54) is 0 Å². The van der Waals surface area contributed by atoms with E-state index in [1.807, 2.05) is 12.1 Å². The fourth-order valence-corrected chi connectivity index (χ4v) is 2.50. The lowest BCUT2D eigenvalue weighted by Gasteiger charge is -2.14. The number of nitrogens with zero attached hydrogens (tertiary/aromatic N) is 3. The molecule has 0 radical (unpaired) electrons. The van der Waals surface area contributed by atoms with Crippen molar-refractivity contribution in [3.63, 3.8) is 0 Å². The molecule has 7 heteroatoms. The molecule has 3 rings (SSSR count). The third-order valence-electron chi connectivity index (χ3n) is 3.57. The molecule has 21 heavy (non-hydrogen) atoms. The number of hydrogen-bond acceptors (Lipinski definition) is 4. The van der Waals surface area contributed by atoms with E-state index in [1.54, 1.807) is 35.2 Å². The van der Waals surface area contributed by atoms with Crippen LogP contribution in [0.4, 0.5) is 5.82 Å². The van der Waals surface area contributed by atoms with Gasteiger partial charge in [0.05, 0.1) is 6.26 Å². The van der Waals surface area contributed by atoms with Crippen LogP contribution in [0.25, 0.3) is 0 Å². The molecule has 2 aromatic rings. The molecule has 110 valence electrons. The molecule has 0 aromatic carbocycles. The Balaban J connectivity index is 1.59. The third kappa shape index (κ3) is 2.81. The summed E-state index contributed by atoms with van der Waals surface area (Å²) in [6.07, 6.45) is 4.12. The highest BCUT2D eigenvalue weighted by Gasteiger charge is 2.32. The van der Waals surface area contributed by atoms with Gasteiger partial charge in [0.1, 0.15) is 5.76 Å². The standard InChI is InChI=1S/C14H16N4O3/c1-17-6-5-12(16-17)15-13(19)14(20)18-7-4-10(9-18)11-3-2-8-21-11/h2-3,5-6,8,10H,4,7,9H2,1H3,(H,15,16,19)/t10-/m1/s1. The summed E-state index contributed by atoms with van der Waals surface area (Å²) >= 11 is 0. The monoisotopic (exact) mass is 288 g/mol. The number of likely N-dealkylation sites (tertiary alicyclic amines) is 1. The summed E-state index contributed by atoms with van der Waals surface area (Å²) in [5, 5.41) is 6.52. The Morgan fingerprint density at radius 2 is 2.29 bits per heavy atom. The van der Waals surface area contributed by atoms with Crippen molar-refractivity contribution >= 4 is 17.6 Å². The first kappa shape index (κ1) is 13.4. The molecule has 0 spiro atoms. The quantitative estimate of drug-likeness (QED) is 0.835. The van der Waals surface area contributed by atoms with Crippen molar-refractivity contribution in [1.82, 2.24) is 14.7 Å². The van der Waals surface area contributed by atoms with Crippen molar-refractivity contribution in [2.75, 3.05) is 18.4 Å². The van der Waals surface area contributed by atoms with Gasteiger partial charge in [-0.25, -0.2) is 0 Å². The Kier molecular flexibility index (Phi) is 3.47. The number of furan rings is 1. The lowest BCUT2D eigenvalue weighted by molar-refractivity contribution is -0.142. The lowest BCUT2D eigenvalue weighted by atomic mass is 10.1. The number of amides is 2. The summed E-state index contributed by atoms with van der Waals surface area (Å²) in [5.74, 6) is 0.197. The van der Waals surface area contributed by atoms with Gasteiger partial charge in [0.25, 0.3) is 0 Å². The van der Waals surface area contributed by atoms with Crippen LogP contribution in [-0.4, -0.2) is 39.6 Å². The Morgan fingerprint density at radius 1 is 1.43 bits per heavy atom. The maximum Gasteiger partial charge on any atom is 0.315 e. The van der Waals surface area contributed by atoms with Gasteiger partial charge < -0.3 is 14.6 Å². The number of carbonyl (C=O) groups excluding carboxylic acids is 2. The minimum absolute atomic E-state index is 0.159. The second-order valence-corrected chi connectivity index (χ2v) is 5.08. The van der Waals surface area contributed by atoms with Crippen LogP contribution in [0.1, 0.15) is 18.1 Å². The summed E-state index contributed by atoms with van der Waals surface area (Å²) < 4.78 is 6.91. The summed E-state index contributed by atoms with van der Waals surface area (Å²) in [6.45, 7) is 1.06. The number of hydrogen-bond donors (Lipinski definition) is 1. The van der Waals surface area contributed by atoms with Crippen LogP contribution in [0.15, 0.2) is 35.1 Å². The van der Waals surface area contributed by atoms with Gasteiger partial charge in [-0.2, -0.15) is 5.10 Å². The molecular weight excluding hydrogens is 272 g/mol. The van der Waals surface area contributed by atoms with Crippen LogP contribution in [0.3, 0.4) is 0 Å². The molecule has 1 saturated heterocycles. The van der Waals surface area contributed by atoms with Gasteiger partial charge in [-0.3, -0.25) is 14.3 Å². The van der Waals surface area contributed by atoms with E-state index >= 15 is 0 Å². The van der Waals surface area contributed by atoms with Gasteiger partial charge in [0.15, 0.2) is 5.82 Å². The molecule has 1 fully saturated rings. The second kappa shape index (κ2) is 5.43. The first-order chi connectivity index (χ1) is 10.1. The number of aryl methyl sites for hydroxylation is 1. The maximum absolute atomic E-state index is 12.1. The molecule has 1 aliphatic heterocycles. The van der Waals surface area contributed by atoms with Crippen LogP contribution in [0.2, 0.25) is 0 Å². The maximum atomic E-state index is 12.1. The zero-order valence-electron chi connectivity index (χ0n) is 11.7. The molecule has 0 saturated carbocycles. The van der Waals surface area contributed by atoms with Gasteiger partial charge in [0, 0.05) is 38.3 Å². The van der Waals surface area contributed by atoms with Crippen LogP contribution < -0.4 is 5.32 Å². The minimum atomic E-state index is -0.659. The minimum Gasteiger partial charge on any atom is -0.469 e. The average Bonchev–Trinajstić information content (AvgIpc) is 3.18. The summed E-state index contributed by atoms with van der Waals surface area (Å²) in [6, 6.07) is 5.36. The molecule has 1 N–H and O–H groups in total. The zero-order valence-corrected chi connectivity index (χ0v) is 11.7. The van der Waals surface area contributed by atoms with Crippen molar-refractivity contribution in [2.24, 2.45) is 7.05 Å². The Hall–Kier alpha value is -2.57. The van der Waals surface area contributed by atoms with Gasteiger partial charge in [0.2, 0.25) is 0 Å². The van der Waals surface area contributed by atoms with E-state index in [4.69, 9.17) is 4.42 Å². The highest BCUT2D eigenvalue weighted by atomic mass is 16.3. The van der Waals surface area contributed by atoms with E-state index in [9.17, 15) is 9.59 Å². The van der Waals surface area contributed by atoms with E-state index in [-0.39, 0.29) is 5.92 Å². The number of aromatic nitrogens is 2. The predicted molar refractivity (Wildman–Crippen MR) is 74.5 cm³/mol. The Bertz CT molecular complexity index is 647. The predicted octanol–water partition coefficient (Wildman–Crippen LogP) is 0.968. The molecule has 2 amide bonds. The second-order valence-electron chi connectivity index (χ2n) is 5.08.